The molecule has 0 radical (unpaired) electrons. The van der Waals surface area contributed by atoms with Gasteiger partial charge in [-0.2, -0.15) is 0 Å². The minimum absolute atomic E-state index is 0.204. The van der Waals surface area contributed by atoms with Crippen molar-refractivity contribution in [2.24, 2.45) is 11.8 Å². The van der Waals surface area contributed by atoms with Crippen molar-refractivity contribution in [1.82, 2.24) is 0 Å². The summed E-state index contributed by atoms with van der Waals surface area (Å²) in [5, 5.41) is 0. The number of ether oxygens (including phenoxy) is 1. The Balaban J connectivity index is 2.65. The maximum atomic E-state index is 10.4. The minimum Gasteiger partial charge on any atom is -0.497 e. The molecular weight excluding hydrogens is 259 g/mol. The summed E-state index contributed by atoms with van der Waals surface area (Å²) >= 11 is 0. The van der Waals surface area contributed by atoms with E-state index >= 15 is 0 Å². The molecule has 3 nitrogen and oxygen atoms in total. The maximum absolute atomic E-state index is 10.4. The number of rotatable bonds is 7. The van der Waals surface area contributed by atoms with E-state index in [1.54, 1.807) is 12.3 Å². The van der Waals surface area contributed by atoms with Gasteiger partial charge < -0.3 is 9.26 Å². The van der Waals surface area contributed by atoms with Crippen LogP contribution in [0.5, 0.6) is 5.75 Å². The summed E-state index contributed by atoms with van der Waals surface area (Å²) in [5.74, 6) is 1.51. The Labute approximate surface area is 116 Å². The second kappa shape index (κ2) is 7.96. The van der Waals surface area contributed by atoms with Crippen molar-refractivity contribution < 1.29 is 13.8 Å². The molecule has 1 rings (SSSR count). The molecule has 0 bridgehead atoms. The highest BCUT2D eigenvalue weighted by Crippen LogP contribution is 2.19. The predicted molar refractivity (Wildman–Crippen MR) is 78.3 cm³/mol. The average molecular weight is 280 g/mol. The van der Waals surface area contributed by atoms with Crippen LogP contribution in [0.3, 0.4) is 0 Å². The average Bonchev–Trinajstić information content (AvgIpc) is 2.34. The Bertz CT molecular complexity index is 419. The maximum Gasteiger partial charge on any atom is 0.395 e. The van der Waals surface area contributed by atoms with Gasteiger partial charge in [-0.1, -0.05) is 39.8 Å². The van der Waals surface area contributed by atoms with Crippen LogP contribution in [0.15, 0.2) is 30.5 Å². The Morgan fingerprint density at radius 3 is 2.42 bits per heavy atom. The Hall–Kier alpha value is -1.34. The molecule has 0 heterocycles. The van der Waals surface area contributed by atoms with Crippen molar-refractivity contribution in [2.45, 2.75) is 33.8 Å². The smallest absolute Gasteiger partial charge is 0.395 e. The summed E-state index contributed by atoms with van der Waals surface area (Å²) in [6.07, 6.45) is 3.81. The van der Waals surface area contributed by atoms with Gasteiger partial charge in [0.15, 0.2) is 0 Å². The van der Waals surface area contributed by atoms with Gasteiger partial charge in [0, 0.05) is 0 Å². The molecule has 0 aliphatic heterocycles. The SMILES string of the molecule is CC(C)C(OC=Cc1cccc(OP=O)c1)C(C)C. The van der Waals surface area contributed by atoms with E-state index < -0.39 is 0 Å². The van der Waals surface area contributed by atoms with Crippen LogP contribution < -0.4 is 4.52 Å². The van der Waals surface area contributed by atoms with Crippen LogP contribution in [0, 0.1) is 11.8 Å². The molecule has 4 heteroatoms. The standard InChI is InChI=1S/C15H21O3P/c1-11(2)15(12(3)4)17-9-8-13-6-5-7-14(10-13)18-19-16/h5-12,15H,1-4H3. The molecular formula is C15H21O3P. The number of benzene rings is 1. The van der Waals surface area contributed by atoms with Crippen molar-refractivity contribution in [3.8, 4) is 5.75 Å². The highest BCUT2D eigenvalue weighted by atomic mass is 31.1. The van der Waals surface area contributed by atoms with Crippen molar-refractivity contribution in [2.75, 3.05) is 0 Å². The lowest BCUT2D eigenvalue weighted by Crippen LogP contribution is -2.23. The molecule has 0 aliphatic rings. The Morgan fingerprint density at radius 2 is 1.84 bits per heavy atom. The van der Waals surface area contributed by atoms with Gasteiger partial charge in [0.1, 0.15) is 11.9 Å². The van der Waals surface area contributed by atoms with Crippen LogP contribution in [0.4, 0.5) is 0 Å². The number of hydrogen-bond donors (Lipinski definition) is 0. The van der Waals surface area contributed by atoms with E-state index in [9.17, 15) is 4.57 Å². The highest BCUT2D eigenvalue weighted by molar-refractivity contribution is 7.17. The quantitative estimate of drug-likeness (QED) is 0.524. The van der Waals surface area contributed by atoms with Crippen LogP contribution in [0.25, 0.3) is 6.08 Å². The first-order valence-electron chi connectivity index (χ1n) is 6.46. The van der Waals surface area contributed by atoms with Crippen LogP contribution in [0.1, 0.15) is 33.3 Å². The Morgan fingerprint density at radius 1 is 1.16 bits per heavy atom. The molecule has 19 heavy (non-hydrogen) atoms. The predicted octanol–water partition coefficient (Wildman–Crippen LogP) is 4.94. The van der Waals surface area contributed by atoms with Crippen LogP contribution in [-0.4, -0.2) is 6.10 Å². The van der Waals surface area contributed by atoms with E-state index in [0.717, 1.165) is 5.56 Å². The molecule has 0 N–H and O–H groups in total. The zero-order valence-corrected chi connectivity index (χ0v) is 12.8. The lowest BCUT2D eigenvalue weighted by atomic mass is 9.96. The lowest BCUT2D eigenvalue weighted by Gasteiger charge is -2.23. The van der Waals surface area contributed by atoms with Gasteiger partial charge in [-0.15, -0.1) is 0 Å². The first-order valence-corrected chi connectivity index (χ1v) is 7.19. The molecule has 104 valence electrons. The van der Waals surface area contributed by atoms with E-state index in [2.05, 4.69) is 27.7 Å². The molecule has 0 atom stereocenters. The number of hydrogen-bond acceptors (Lipinski definition) is 3. The van der Waals surface area contributed by atoms with Crippen molar-refractivity contribution in [3.63, 3.8) is 0 Å². The topological polar surface area (TPSA) is 35.5 Å². The van der Waals surface area contributed by atoms with E-state index in [4.69, 9.17) is 9.26 Å². The lowest BCUT2D eigenvalue weighted by molar-refractivity contribution is 0.0618. The minimum atomic E-state index is -0.344. The first kappa shape index (κ1) is 15.7. The normalized spacial score (nSPS) is 11.9. The summed E-state index contributed by atoms with van der Waals surface area (Å²) < 4.78 is 21.0. The van der Waals surface area contributed by atoms with Gasteiger partial charge in [-0.3, -0.25) is 0 Å². The summed E-state index contributed by atoms with van der Waals surface area (Å²) in [6, 6.07) is 7.36. The monoisotopic (exact) mass is 280 g/mol. The van der Waals surface area contributed by atoms with Gasteiger partial charge in [-0.25, -0.2) is 4.57 Å². The summed E-state index contributed by atoms with van der Waals surface area (Å²) in [6.45, 7) is 8.61. The zero-order chi connectivity index (χ0) is 14.3. The molecule has 1 aromatic rings. The highest BCUT2D eigenvalue weighted by Gasteiger charge is 2.17. The van der Waals surface area contributed by atoms with Gasteiger partial charge in [0.05, 0.1) is 6.26 Å². The molecule has 0 aliphatic carbocycles. The largest absolute Gasteiger partial charge is 0.497 e. The van der Waals surface area contributed by atoms with Gasteiger partial charge in [0.25, 0.3) is 0 Å². The van der Waals surface area contributed by atoms with E-state index in [1.807, 2.05) is 24.3 Å². The Kier molecular flexibility index (Phi) is 6.58. The molecule has 0 spiro atoms. The van der Waals surface area contributed by atoms with E-state index in [-0.39, 0.29) is 14.8 Å². The zero-order valence-electron chi connectivity index (χ0n) is 11.9. The van der Waals surface area contributed by atoms with Crippen LogP contribution in [0.2, 0.25) is 0 Å². The molecule has 0 aromatic heterocycles. The second-order valence-electron chi connectivity index (χ2n) is 5.13. The molecule has 1 aromatic carbocycles. The third-order valence-electron chi connectivity index (χ3n) is 2.81. The van der Waals surface area contributed by atoms with E-state index in [1.165, 1.54) is 0 Å². The van der Waals surface area contributed by atoms with Gasteiger partial charge in [0.2, 0.25) is 0 Å². The summed E-state index contributed by atoms with van der Waals surface area (Å²) in [5.41, 5.74) is 0.951. The molecule has 0 unspecified atom stereocenters. The van der Waals surface area contributed by atoms with Crippen LogP contribution >= 0.6 is 8.69 Å². The van der Waals surface area contributed by atoms with Crippen LogP contribution in [-0.2, 0) is 9.30 Å². The van der Waals surface area contributed by atoms with Gasteiger partial charge in [-0.05, 0) is 35.6 Å². The fraction of sp³-hybridized carbons (Fsp3) is 0.467. The second-order valence-corrected chi connectivity index (χ2v) is 5.46. The third kappa shape index (κ3) is 5.44. The molecule has 0 saturated carbocycles. The van der Waals surface area contributed by atoms with Crippen molar-refractivity contribution in [3.05, 3.63) is 36.1 Å². The van der Waals surface area contributed by atoms with Crippen molar-refractivity contribution >= 4 is 14.8 Å². The molecule has 0 fully saturated rings. The first-order chi connectivity index (χ1) is 9.04. The molecule has 0 saturated heterocycles. The van der Waals surface area contributed by atoms with E-state index in [0.29, 0.717) is 17.6 Å². The molecule has 0 amide bonds. The fourth-order valence-corrected chi connectivity index (χ4v) is 2.21. The third-order valence-corrected chi connectivity index (χ3v) is 3.10. The van der Waals surface area contributed by atoms with Gasteiger partial charge >= 0.3 is 8.69 Å². The fourth-order valence-electron chi connectivity index (χ4n) is 2.01. The summed E-state index contributed by atoms with van der Waals surface area (Å²) in [4.78, 5) is 0. The summed E-state index contributed by atoms with van der Waals surface area (Å²) in [7, 11) is -0.344. The van der Waals surface area contributed by atoms with Crippen molar-refractivity contribution in [1.29, 1.82) is 0 Å².